The number of pyridine rings is 1. The van der Waals surface area contributed by atoms with Crippen molar-refractivity contribution in [1.82, 2.24) is 20.0 Å². The topological polar surface area (TPSA) is 129 Å². The number of nitrogens with one attached hydrogen (secondary N) is 2. The highest BCUT2D eigenvalue weighted by Gasteiger charge is 2.15. The van der Waals surface area contributed by atoms with Crippen molar-refractivity contribution in [3.8, 4) is 11.8 Å². The average molecular weight is 562 g/mol. The van der Waals surface area contributed by atoms with Gasteiger partial charge in [-0.2, -0.15) is 10.2 Å². The zero-order valence-corrected chi connectivity index (χ0v) is 24.0. The SMILES string of the molecule is Cc1cc2ncc(C#N)c(Nc3ccc(OCc4nc(C(C)C)no4)c(Cl)c3)c2cc1NC(=O)CCCN(C)C. The van der Waals surface area contributed by atoms with Gasteiger partial charge in [-0.05, 0) is 69.9 Å². The maximum Gasteiger partial charge on any atom is 0.264 e. The van der Waals surface area contributed by atoms with Gasteiger partial charge in [-0.15, -0.1) is 0 Å². The number of rotatable bonds is 11. The van der Waals surface area contributed by atoms with Crippen LogP contribution < -0.4 is 15.4 Å². The van der Waals surface area contributed by atoms with Crippen LogP contribution in [0.1, 0.15) is 55.4 Å². The van der Waals surface area contributed by atoms with Gasteiger partial charge in [0.1, 0.15) is 11.8 Å². The van der Waals surface area contributed by atoms with Crippen molar-refractivity contribution < 1.29 is 14.1 Å². The summed E-state index contributed by atoms with van der Waals surface area (Å²) in [6.45, 7) is 6.79. The zero-order chi connectivity index (χ0) is 28.8. The Morgan fingerprint density at radius 3 is 2.73 bits per heavy atom. The molecule has 0 saturated carbocycles. The summed E-state index contributed by atoms with van der Waals surface area (Å²) in [5, 5.41) is 21.1. The first-order valence-corrected chi connectivity index (χ1v) is 13.3. The number of amides is 1. The van der Waals surface area contributed by atoms with Crippen molar-refractivity contribution >= 4 is 45.5 Å². The van der Waals surface area contributed by atoms with Crippen LogP contribution in [0.25, 0.3) is 10.9 Å². The molecule has 0 aliphatic rings. The highest BCUT2D eigenvalue weighted by molar-refractivity contribution is 6.32. The molecule has 0 bridgehead atoms. The van der Waals surface area contributed by atoms with Gasteiger partial charge in [-0.3, -0.25) is 9.78 Å². The number of nitrogens with zero attached hydrogens (tertiary/aromatic N) is 5. The quantitative estimate of drug-likeness (QED) is 0.220. The summed E-state index contributed by atoms with van der Waals surface area (Å²) in [6.07, 6.45) is 2.70. The van der Waals surface area contributed by atoms with E-state index >= 15 is 0 Å². The van der Waals surface area contributed by atoms with Crippen molar-refractivity contribution in [3.63, 3.8) is 0 Å². The molecule has 11 heteroatoms. The van der Waals surface area contributed by atoms with Crippen LogP contribution in [0.15, 0.2) is 41.1 Å². The van der Waals surface area contributed by atoms with Crippen molar-refractivity contribution in [3.05, 3.63) is 64.4 Å². The first-order chi connectivity index (χ1) is 19.1. The fourth-order valence-electron chi connectivity index (χ4n) is 4.01. The molecule has 1 amide bonds. The molecule has 0 aliphatic carbocycles. The lowest BCUT2D eigenvalue weighted by Gasteiger charge is -2.16. The minimum absolute atomic E-state index is 0.0634. The van der Waals surface area contributed by atoms with E-state index < -0.39 is 0 Å². The first-order valence-electron chi connectivity index (χ1n) is 12.9. The van der Waals surface area contributed by atoms with E-state index in [2.05, 4.69) is 31.8 Å². The molecular formula is C29H32ClN7O3. The minimum Gasteiger partial charge on any atom is -0.482 e. The van der Waals surface area contributed by atoms with Gasteiger partial charge in [0.25, 0.3) is 5.89 Å². The highest BCUT2D eigenvalue weighted by atomic mass is 35.5. The Labute approximate surface area is 238 Å². The number of aryl methyl sites for hydroxylation is 1. The van der Waals surface area contributed by atoms with Crippen LogP contribution in [0.3, 0.4) is 0 Å². The van der Waals surface area contributed by atoms with Gasteiger partial charge in [-0.1, -0.05) is 30.6 Å². The normalized spacial score (nSPS) is 11.2. The van der Waals surface area contributed by atoms with Crippen molar-refractivity contribution in [2.45, 2.75) is 46.1 Å². The summed E-state index contributed by atoms with van der Waals surface area (Å²) < 4.78 is 11.0. The zero-order valence-electron chi connectivity index (χ0n) is 23.2. The van der Waals surface area contributed by atoms with Crippen LogP contribution in [0.5, 0.6) is 5.75 Å². The number of nitriles is 1. The van der Waals surface area contributed by atoms with Crippen molar-refractivity contribution in [1.29, 1.82) is 5.26 Å². The number of anilines is 3. The third-order valence-corrected chi connectivity index (χ3v) is 6.47. The molecule has 10 nitrogen and oxygen atoms in total. The number of aromatic nitrogens is 3. The molecule has 0 atom stereocenters. The van der Waals surface area contributed by atoms with Crippen LogP contribution in [0.4, 0.5) is 17.1 Å². The van der Waals surface area contributed by atoms with Gasteiger partial charge in [0.2, 0.25) is 5.91 Å². The molecule has 2 heterocycles. The van der Waals surface area contributed by atoms with Crippen LogP contribution >= 0.6 is 11.6 Å². The number of hydrogen-bond acceptors (Lipinski definition) is 9. The van der Waals surface area contributed by atoms with E-state index in [1.54, 1.807) is 18.2 Å². The minimum atomic E-state index is -0.0634. The molecule has 0 aliphatic heterocycles. The van der Waals surface area contributed by atoms with Crippen molar-refractivity contribution in [2.75, 3.05) is 31.3 Å². The summed E-state index contributed by atoms with van der Waals surface area (Å²) in [7, 11) is 3.96. The molecule has 2 aromatic carbocycles. The Bertz CT molecular complexity index is 1560. The Hall–Kier alpha value is -4.20. The van der Waals surface area contributed by atoms with E-state index in [1.165, 1.54) is 6.20 Å². The Morgan fingerprint density at radius 1 is 1.25 bits per heavy atom. The number of benzene rings is 2. The molecule has 0 unspecified atom stereocenters. The van der Waals surface area contributed by atoms with E-state index in [-0.39, 0.29) is 18.4 Å². The number of halogens is 1. The van der Waals surface area contributed by atoms with E-state index in [0.29, 0.717) is 62.4 Å². The lowest BCUT2D eigenvalue weighted by molar-refractivity contribution is -0.116. The predicted molar refractivity (Wildman–Crippen MR) is 155 cm³/mol. The third kappa shape index (κ3) is 7.05. The smallest absolute Gasteiger partial charge is 0.264 e. The number of carbonyl (C=O) groups is 1. The Kier molecular flexibility index (Phi) is 9.19. The summed E-state index contributed by atoms with van der Waals surface area (Å²) in [5.74, 6) is 1.51. The second-order valence-electron chi connectivity index (χ2n) is 10.1. The second kappa shape index (κ2) is 12.8. The van der Waals surface area contributed by atoms with Gasteiger partial charge < -0.3 is 24.8 Å². The molecule has 208 valence electrons. The molecule has 40 heavy (non-hydrogen) atoms. The van der Waals surface area contributed by atoms with Crippen LogP contribution in [-0.2, 0) is 11.4 Å². The van der Waals surface area contributed by atoms with Gasteiger partial charge >= 0.3 is 0 Å². The molecule has 0 radical (unpaired) electrons. The largest absolute Gasteiger partial charge is 0.482 e. The fraction of sp³-hybridized carbons (Fsp3) is 0.345. The molecule has 4 aromatic rings. The molecular weight excluding hydrogens is 530 g/mol. The Morgan fingerprint density at radius 2 is 2.05 bits per heavy atom. The molecule has 0 spiro atoms. The van der Waals surface area contributed by atoms with Crippen LogP contribution in [0, 0.1) is 18.3 Å². The standard InChI is InChI=1S/C29H32ClN7O3/c1-17(2)29-35-27(40-36-29)16-39-25-9-8-20(12-22(25)30)33-28-19(14-31)15-32-24-11-18(3)23(13-21(24)28)34-26(38)7-6-10-37(4)5/h8-9,11-13,15,17H,6-7,10,16H2,1-5H3,(H,32,33)(H,34,38). The number of ether oxygens (including phenoxy) is 1. The number of hydrogen-bond donors (Lipinski definition) is 2. The molecule has 2 aromatic heterocycles. The lowest BCUT2D eigenvalue weighted by atomic mass is 10.0. The van der Waals surface area contributed by atoms with Crippen molar-refractivity contribution in [2.24, 2.45) is 0 Å². The maximum absolute atomic E-state index is 12.6. The molecule has 4 rings (SSSR count). The average Bonchev–Trinajstić information content (AvgIpc) is 3.38. The fourth-order valence-corrected chi connectivity index (χ4v) is 4.24. The summed E-state index contributed by atoms with van der Waals surface area (Å²) in [6, 6.07) is 11.2. The van der Waals surface area contributed by atoms with E-state index in [9.17, 15) is 10.1 Å². The van der Waals surface area contributed by atoms with Crippen LogP contribution in [0.2, 0.25) is 5.02 Å². The monoisotopic (exact) mass is 561 g/mol. The summed E-state index contributed by atoms with van der Waals surface area (Å²) in [5.41, 5.74) is 3.81. The highest BCUT2D eigenvalue weighted by Crippen LogP contribution is 2.35. The van der Waals surface area contributed by atoms with E-state index in [4.69, 9.17) is 20.9 Å². The summed E-state index contributed by atoms with van der Waals surface area (Å²) in [4.78, 5) is 23.4. The number of carbonyl (C=O) groups excluding carboxylic acids is 1. The van der Waals surface area contributed by atoms with E-state index in [1.807, 2.05) is 51.9 Å². The third-order valence-electron chi connectivity index (χ3n) is 6.17. The van der Waals surface area contributed by atoms with E-state index in [0.717, 1.165) is 18.5 Å². The maximum atomic E-state index is 12.6. The van der Waals surface area contributed by atoms with Gasteiger partial charge in [0, 0.05) is 35.3 Å². The molecule has 0 fully saturated rings. The molecule has 2 N–H and O–H groups in total. The van der Waals surface area contributed by atoms with Gasteiger partial charge in [0.15, 0.2) is 12.4 Å². The van der Waals surface area contributed by atoms with Gasteiger partial charge in [0.05, 0.1) is 21.8 Å². The predicted octanol–water partition coefficient (Wildman–Crippen LogP) is 6.18. The number of fused-ring (bicyclic) bond motifs is 1. The second-order valence-corrected chi connectivity index (χ2v) is 10.5. The lowest BCUT2D eigenvalue weighted by Crippen LogP contribution is -2.17. The first kappa shape index (κ1) is 28.8. The van der Waals surface area contributed by atoms with Crippen LogP contribution in [-0.4, -0.2) is 46.6 Å². The Balaban J connectivity index is 1.55. The molecule has 0 saturated heterocycles. The summed E-state index contributed by atoms with van der Waals surface area (Å²) >= 11 is 6.51. The van der Waals surface area contributed by atoms with Gasteiger partial charge in [-0.25, -0.2) is 0 Å².